The van der Waals surface area contributed by atoms with Crippen molar-refractivity contribution in [3.05, 3.63) is 24.3 Å². The quantitative estimate of drug-likeness (QED) is 0.582. The fourth-order valence-electron chi connectivity index (χ4n) is 1.86. The maximum Gasteiger partial charge on any atom is 0.384 e. The molecular weight excluding hydrogens is 302 g/mol. The molecule has 0 N–H and O–H groups in total. The normalized spacial score (nSPS) is 11.6. The fourth-order valence-corrected chi connectivity index (χ4v) is 2.36. The van der Waals surface area contributed by atoms with Gasteiger partial charge in [-0.25, -0.2) is 0 Å². The van der Waals surface area contributed by atoms with E-state index in [1.54, 1.807) is 24.3 Å². The van der Waals surface area contributed by atoms with E-state index in [-0.39, 0.29) is 5.75 Å². The molecule has 0 bridgehead atoms. The second-order valence-corrected chi connectivity index (χ2v) is 7.16. The molecule has 0 unspecified atom stereocenters. The summed E-state index contributed by atoms with van der Waals surface area (Å²) in [6, 6.07) is 6.63. The topological polar surface area (TPSA) is 55.8 Å². The van der Waals surface area contributed by atoms with Crippen molar-refractivity contribution in [1.82, 2.24) is 4.31 Å². The molecule has 0 aliphatic carbocycles. The molecule has 0 amide bonds. The van der Waals surface area contributed by atoms with E-state index in [0.29, 0.717) is 6.61 Å². The highest BCUT2D eigenvalue weighted by molar-refractivity contribution is 7.84. The largest absolute Gasteiger partial charge is 0.494 e. The Balaban J connectivity index is 2.30. The van der Waals surface area contributed by atoms with E-state index in [4.69, 9.17) is 8.92 Å². The van der Waals surface area contributed by atoms with Gasteiger partial charge in [0.25, 0.3) is 0 Å². The second-order valence-electron chi connectivity index (χ2n) is 5.41. The highest BCUT2D eigenvalue weighted by Crippen LogP contribution is 2.20. The number of ether oxygens (including phenoxy) is 1. The molecule has 126 valence electrons. The van der Waals surface area contributed by atoms with Crippen LogP contribution < -0.4 is 8.92 Å². The summed E-state index contributed by atoms with van der Waals surface area (Å²) < 4.78 is 34.7. The molecule has 1 aromatic rings. The van der Waals surface area contributed by atoms with Crippen LogP contribution in [0.2, 0.25) is 0 Å². The minimum Gasteiger partial charge on any atom is -0.494 e. The fraction of sp³-hybridized carbons (Fsp3) is 0.625. The highest BCUT2D eigenvalue weighted by atomic mass is 32.2. The monoisotopic (exact) mass is 329 g/mol. The van der Waals surface area contributed by atoms with E-state index in [1.807, 2.05) is 0 Å². The van der Waals surface area contributed by atoms with Gasteiger partial charge in [0.1, 0.15) is 11.5 Å². The Morgan fingerprint density at radius 1 is 0.909 bits per heavy atom. The highest BCUT2D eigenvalue weighted by Gasteiger charge is 2.15. The Morgan fingerprint density at radius 2 is 1.45 bits per heavy atom. The zero-order valence-electron chi connectivity index (χ0n) is 13.7. The smallest absolute Gasteiger partial charge is 0.384 e. The Bertz CT molecular complexity index is 511. The van der Waals surface area contributed by atoms with Crippen molar-refractivity contribution >= 4 is 10.3 Å². The average molecular weight is 329 g/mol. The summed E-state index contributed by atoms with van der Waals surface area (Å²) in [6.45, 7) is 2.89. The maximum atomic E-state index is 11.6. The first kappa shape index (κ1) is 18.8. The molecule has 22 heavy (non-hydrogen) atoms. The molecule has 0 fully saturated rings. The standard InChI is InChI=1S/C16H27NO4S/c1-4-5-6-7-8-9-14-20-15-10-12-16(13-11-15)21-22(18,19)17(2)3/h10-13H,4-9,14H2,1-3H3. The lowest BCUT2D eigenvalue weighted by Crippen LogP contribution is -2.26. The minimum absolute atomic E-state index is 0.278. The van der Waals surface area contributed by atoms with Crippen LogP contribution in [-0.4, -0.2) is 33.4 Å². The van der Waals surface area contributed by atoms with Crippen molar-refractivity contribution in [3.63, 3.8) is 0 Å². The first-order valence-electron chi connectivity index (χ1n) is 7.80. The minimum atomic E-state index is -3.70. The maximum absolute atomic E-state index is 11.6. The number of hydrogen-bond donors (Lipinski definition) is 0. The Morgan fingerprint density at radius 3 is 2.05 bits per heavy atom. The van der Waals surface area contributed by atoms with Crippen LogP contribution in [0.4, 0.5) is 0 Å². The lowest BCUT2D eigenvalue weighted by atomic mass is 10.1. The van der Waals surface area contributed by atoms with Gasteiger partial charge in [0, 0.05) is 14.1 Å². The van der Waals surface area contributed by atoms with E-state index in [1.165, 1.54) is 46.2 Å². The van der Waals surface area contributed by atoms with Crippen molar-refractivity contribution in [1.29, 1.82) is 0 Å². The van der Waals surface area contributed by atoms with Gasteiger partial charge >= 0.3 is 10.3 Å². The summed E-state index contributed by atoms with van der Waals surface area (Å²) >= 11 is 0. The Hall–Kier alpha value is -1.27. The molecule has 6 heteroatoms. The molecular formula is C16H27NO4S. The first-order valence-corrected chi connectivity index (χ1v) is 9.17. The number of nitrogens with zero attached hydrogens (tertiary/aromatic N) is 1. The second kappa shape index (κ2) is 9.69. The van der Waals surface area contributed by atoms with Crippen LogP contribution in [0.5, 0.6) is 11.5 Å². The molecule has 0 radical (unpaired) electrons. The van der Waals surface area contributed by atoms with Crippen molar-refractivity contribution in [2.45, 2.75) is 45.4 Å². The van der Waals surface area contributed by atoms with Crippen LogP contribution >= 0.6 is 0 Å². The SMILES string of the molecule is CCCCCCCCOc1ccc(OS(=O)(=O)N(C)C)cc1. The zero-order chi connectivity index (χ0) is 16.4. The van der Waals surface area contributed by atoms with E-state index in [2.05, 4.69) is 6.92 Å². The van der Waals surface area contributed by atoms with Gasteiger partial charge in [-0.2, -0.15) is 12.7 Å². The van der Waals surface area contributed by atoms with Crippen LogP contribution in [0.3, 0.4) is 0 Å². The third-order valence-electron chi connectivity index (χ3n) is 3.24. The van der Waals surface area contributed by atoms with Crippen LogP contribution in [-0.2, 0) is 10.3 Å². The van der Waals surface area contributed by atoms with Gasteiger partial charge in [0.15, 0.2) is 0 Å². The predicted octanol–water partition coefficient (Wildman–Crippen LogP) is 3.61. The summed E-state index contributed by atoms with van der Waals surface area (Å²) in [5.74, 6) is 1.00. The molecule has 0 aliphatic heterocycles. The van der Waals surface area contributed by atoms with E-state index in [0.717, 1.165) is 16.5 Å². The number of hydrogen-bond acceptors (Lipinski definition) is 4. The third kappa shape index (κ3) is 7.13. The number of rotatable bonds is 11. The molecule has 0 aromatic heterocycles. The van der Waals surface area contributed by atoms with E-state index < -0.39 is 10.3 Å². The summed E-state index contributed by atoms with van der Waals surface area (Å²) in [7, 11) is -0.856. The van der Waals surface area contributed by atoms with Crippen LogP contribution in [0.15, 0.2) is 24.3 Å². The molecule has 1 rings (SSSR count). The van der Waals surface area contributed by atoms with Gasteiger partial charge in [0.05, 0.1) is 6.61 Å². The molecule has 0 heterocycles. The Kier molecular flexibility index (Phi) is 8.27. The third-order valence-corrected chi connectivity index (χ3v) is 4.54. The molecule has 1 aromatic carbocycles. The number of unbranched alkanes of at least 4 members (excludes halogenated alkanes) is 5. The van der Waals surface area contributed by atoms with Gasteiger partial charge < -0.3 is 8.92 Å². The summed E-state index contributed by atoms with van der Waals surface area (Å²) in [5, 5.41) is 0. The summed E-state index contributed by atoms with van der Waals surface area (Å²) in [4.78, 5) is 0. The summed E-state index contributed by atoms with van der Waals surface area (Å²) in [6.07, 6.45) is 7.33. The van der Waals surface area contributed by atoms with E-state index >= 15 is 0 Å². The van der Waals surface area contributed by atoms with E-state index in [9.17, 15) is 8.42 Å². The van der Waals surface area contributed by atoms with Gasteiger partial charge in [-0.3, -0.25) is 0 Å². The summed E-state index contributed by atoms with van der Waals surface area (Å²) in [5.41, 5.74) is 0. The van der Waals surface area contributed by atoms with Crippen LogP contribution in [0.25, 0.3) is 0 Å². The lowest BCUT2D eigenvalue weighted by Gasteiger charge is -2.12. The van der Waals surface area contributed by atoms with Gasteiger partial charge in [-0.15, -0.1) is 0 Å². The van der Waals surface area contributed by atoms with Gasteiger partial charge in [-0.1, -0.05) is 39.0 Å². The number of benzene rings is 1. The van der Waals surface area contributed by atoms with Gasteiger partial charge in [0.2, 0.25) is 0 Å². The van der Waals surface area contributed by atoms with Crippen molar-refractivity contribution < 1.29 is 17.3 Å². The van der Waals surface area contributed by atoms with Crippen molar-refractivity contribution in [3.8, 4) is 11.5 Å². The molecule has 0 saturated carbocycles. The van der Waals surface area contributed by atoms with Crippen LogP contribution in [0, 0.1) is 0 Å². The molecule has 0 atom stereocenters. The van der Waals surface area contributed by atoms with Crippen molar-refractivity contribution in [2.75, 3.05) is 20.7 Å². The Labute approximate surface area is 134 Å². The first-order chi connectivity index (χ1) is 10.5. The van der Waals surface area contributed by atoms with Crippen molar-refractivity contribution in [2.24, 2.45) is 0 Å². The average Bonchev–Trinajstić information content (AvgIpc) is 2.47. The zero-order valence-corrected chi connectivity index (χ0v) is 14.6. The predicted molar refractivity (Wildman–Crippen MR) is 88.5 cm³/mol. The molecule has 0 spiro atoms. The molecule has 0 saturated heterocycles. The lowest BCUT2D eigenvalue weighted by molar-refractivity contribution is 0.304. The molecule has 0 aliphatic rings. The van der Waals surface area contributed by atoms with Crippen LogP contribution in [0.1, 0.15) is 45.4 Å². The van der Waals surface area contributed by atoms with Gasteiger partial charge in [-0.05, 0) is 30.7 Å². The molecule has 5 nitrogen and oxygen atoms in total.